The largest absolute Gasteiger partial charge is 0.507 e. The molecule has 5 heteroatoms. The molecule has 0 unspecified atom stereocenters. The van der Waals surface area contributed by atoms with Gasteiger partial charge < -0.3 is 14.9 Å². The van der Waals surface area contributed by atoms with Gasteiger partial charge in [-0.2, -0.15) is 0 Å². The van der Waals surface area contributed by atoms with Crippen LogP contribution in [0.3, 0.4) is 0 Å². The van der Waals surface area contributed by atoms with Crippen LogP contribution in [0.15, 0.2) is 72.8 Å². The molecule has 0 amide bonds. The maximum atomic E-state index is 13.1. The van der Waals surface area contributed by atoms with Gasteiger partial charge in [-0.25, -0.2) is 0 Å². The first-order valence-corrected chi connectivity index (χ1v) is 9.69. The van der Waals surface area contributed by atoms with Crippen molar-refractivity contribution in [3.05, 3.63) is 89.5 Å². The molecule has 0 saturated heterocycles. The lowest BCUT2D eigenvalue weighted by atomic mass is 9.78. The number of hydrogen-bond acceptors (Lipinski definition) is 5. The van der Waals surface area contributed by atoms with Crippen LogP contribution < -0.4 is 4.74 Å². The van der Waals surface area contributed by atoms with Gasteiger partial charge in [0.1, 0.15) is 17.2 Å². The van der Waals surface area contributed by atoms with Crippen molar-refractivity contribution in [2.24, 2.45) is 5.92 Å². The lowest BCUT2D eigenvalue weighted by molar-refractivity contribution is 0.0885. The van der Waals surface area contributed by atoms with Crippen LogP contribution in [0.1, 0.15) is 45.5 Å². The molecular weight excluding hydrogens is 380 g/mol. The third-order valence-electron chi connectivity index (χ3n) is 5.34. The van der Waals surface area contributed by atoms with E-state index in [1.807, 2.05) is 12.1 Å². The lowest BCUT2D eigenvalue weighted by Gasteiger charge is -2.24. The summed E-state index contributed by atoms with van der Waals surface area (Å²) in [7, 11) is 1.57. The molecule has 0 aromatic heterocycles. The first kappa shape index (κ1) is 21.1. The molecule has 154 valence electrons. The summed E-state index contributed by atoms with van der Waals surface area (Å²) in [6.07, 6.45) is 0.0321. The predicted octanol–water partition coefficient (Wildman–Crippen LogP) is 4.98. The van der Waals surface area contributed by atoms with Crippen molar-refractivity contribution in [2.45, 2.75) is 19.3 Å². The average Bonchev–Trinajstić information content (AvgIpc) is 2.77. The van der Waals surface area contributed by atoms with E-state index in [4.69, 9.17) is 4.74 Å². The molecule has 2 atom stereocenters. The summed E-state index contributed by atoms with van der Waals surface area (Å²) in [5.41, 5.74) is 1.24. The minimum Gasteiger partial charge on any atom is -0.507 e. The molecule has 3 aromatic carbocycles. The van der Waals surface area contributed by atoms with E-state index in [9.17, 15) is 19.8 Å². The molecule has 0 saturated carbocycles. The molecule has 3 rings (SSSR count). The number of para-hydroxylation sites is 2. The highest BCUT2D eigenvalue weighted by Crippen LogP contribution is 2.35. The molecule has 0 heterocycles. The van der Waals surface area contributed by atoms with E-state index >= 15 is 0 Å². The number of ketones is 2. The molecule has 3 aromatic rings. The lowest BCUT2D eigenvalue weighted by Crippen LogP contribution is -2.22. The number of methoxy groups -OCH3 is 1. The Bertz CT molecular complexity index is 1040. The first-order valence-electron chi connectivity index (χ1n) is 9.69. The quantitative estimate of drug-likeness (QED) is 0.517. The zero-order valence-corrected chi connectivity index (χ0v) is 16.9. The zero-order valence-electron chi connectivity index (χ0n) is 16.9. The van der Waals surface area contributed by atoms with Crippen LogP contribution in [0.5, 0.6) is 17.2 Å². The molecule has 0 fully saturated rings. The van der Waals surface area contributed by atoms with Gasteiger partial charge in [0.2, 0.25) is 0 Å². The zero-order chi connectivity index (χ0) is 21.7. The normalized spacial score (nSPS) is 12.7. The number of aromatic hydroxyl groups is 2. The van der Waals surface area contributed by atoms with Crippen LogP contribution in [-0.4, -0.2) is 28.9 Å². The van der Waals surface area contributed by atoms with E-state index < -0.39 is 11.8 Å². The second kappa shape index (κ2) is 9.27. The molecule has 2 N–H and O–H groups in total. The number of carbonyl (C=O) groups excluding carboxylic acids is 2. The third-order valence-corrected chi connectivity index (χ3v) is 5.34. The van der Waals surface area contributed by atoms with Crippen molar-refractivity contribution >= 4 is 11.6 Å². The van der Waals surface area contributed by atoms with Gasteiger partial charge in [0, 0.05) is 18.3 Å². The molecule has 0 aliphatic heterocycles. The number of ether oxygens (including phenoxy) is 1. The van der Waals surface area contributed by atoms with Crippen LogP contribution in [0.2, 0.25) is 0 Å². The Morgan fingerprint density at radius 2 is 1.37 bits per heavy atom. The van der Waals surface area contributed by atoms with Crippen LogP contribution in [0, 0.1) is 5.92 Å². The number of phenolic OH excluding ortho intramolecular Hbond substituents is 2. The van der Waals surface area contributed by atoms with Crippen molar-refractivity contribution in [2.75, 3.05) is 7.11 Å². The number of hydrogen-bond donors (Lipinski definition) is 2. The smallest absolute Gasteiger partial charge is 0.170 e. The highest BCUT2D eigenvalue weighted by Gasteiger charge is 2.30. The van der Waals surface area contributed by atoms with Crippen molar-refractivity contribution in [3.63, 3.8) is 0 Å². The van der Waals surface area contributed by atoms with Crippen LogP contribution in [-0.2, 0) is 0 Å². The van der Waals surface area contributed by atoms with E-state index in [-0.39, 0.29) is 40.6 Å². The van der Waals surface area contributed by atoms with Crippen LogP contribution in [0.4, 0.5) is 0 Å². The van der Waals surface area contributed by atoms with E-state index in [0.717, 1.165) is 5.56 Å². The number of Topliss-reactive ketones (excluding diaryl/α,β-unsaturated/α-hetero) is 2. The number of phenols is 2. The standard InChI is InChI=1S/C25H24O5/c1-16(25(29)20-8-4-6-10-23(20)27)21(17-11-13-18(30-2)14-12-17)15-24(28)19-7-3-5-9-22(19)26/h3-14,16,21,26-27H,15H2,1-2H3/t16-,21-/m1/s1. The van der Waals surface area contributed by atoms with Crippen molar-refractivity contribution in [1.82, 2.24) is 0 Å². The van der Waals surface area contributed by atoms with Crippen molar-refractivity contribution < 1.29 is 24.5 Å². The Balaban J connectivity index is 1.96. The van der Waals surface area contributed by atoms with Crippen molar-refractivity contribution in [3.8, 4) is 17.2 Å². The topological polar surface area (TPSA) is 83.8 Å². The minimum atomic E-state index is -0.582. The molecule has 0 radical (unpaired) electrons. The second-order valence-corrected chi connectivity index (χ2v) is 7.19. The second-order valence-electron chi connectivity index (χ2n) is 7.19. The fourth-order valence-electron chi connectivity index (χ4n) is 3.56. The Morgan fingerprint density at radius 1 is 0.833 bits per heavy atom. The molecule has 0 bridgehead atoms. The first-order chi connectivity index (χ1) is 14.4. The highest BCUT2D eigenvalue weighted by molar-refractivity contribution is 6.02. The summed E-state index contributed by atoms with van der Waals surface area (Å²) < 4.78 is 5.21. The summed E-state index contributed by atoms with van der Waals surface area (Å²) in [6.45, 7) is 1.75. The van der Waals surface area contributed by atoms with E-state index in [2.05, 4.69) is 0 Å². The van der Waals surface area contributed by atoms with Gasteiger partial charge in [0.25, 0.3) is 0 Å². The number of carbonyl (C=O) groups is 2. The van der Waals surface area contributed by atoms with Crippen LogP contribution >= 0.6 is 0 Å². The summed E-state index contributed by atoms with van der Waals surface area (Å²) >= 11 is 0. The van der Waals surface area contributed by atoms with Gasteiger partial charge in [-0.3, -0.25) is 9.59 Å². The molecular formula is C25H24O5. The molecule has 0 spiro atoms. The van der Waals surface area contributed by atoms with Gasteiger partial charge in [0.15, 0.2) is 11.6 Å². The van der Waals surface area contributed by atoms with Gasteiger partial charge in [-0.15, -0.1) is 0 Å². The Kier molecular flexibility index (Phi) is 6.52. The SMILES string of the molecule is COc1ccc([C@H](CC(=O)c2ccccc2O)[C@@H](C)C(=O)c2ccccc2O)cc1. The van der Waals surface area contributed by atoms with Crippen LogP contribution in [0.25, 0.3) is 0 Å². The summed E-state index contributed by atoms with van der Waals surface area (Å²) in [5, 5.41) is 20.2. The monoisotopic (exact) mass is 404 g/mol. The fraction of sp³-hybridized carbons (Fsp3) is 0.200. The van der Waals surface area contributed by atoms with Gasteiger partial charge in [0.05, 0.1) is 18.2 Å². The third kappa shape index (κ3) is 4.51. The predicted molar refractivity (Wildman–Crippen MR) is 114 cm³/mol. The fourth-order valence-corrected chi connectivity index (χ4v) is 3.56. The van der Waals surface area contributed by atoms with Gasteiger partial charge in [-0.1, -0.05) is 43.3 Å². The maximum Gasteiger partial charge on any atom is 0.170 e. The molecule has 30 heavy (non-hydrogen) atoms. The Labute approximate surface area is 175 Å². The molecule has 0 aliphatic rings. The van der Waals surface area contributed by atoms with Crippen molar-refractivity contribution in [1.29, 1.82) is 0 Å². The summed E-state index contributed by atoms with van der Waals surface area (Å²) in [6, 6.07) is 20.0. The number of benzene rings is 3. The molecule has 0 aliphatic carbocycles. The summed E-state index contributed by atoms with van der Waals surface area (Å²) in [5.74, 6) is -1.05. The highest BCUT2D eigenvalue weighted by atomic mass is 16.5. The summed E-state index contributed by atoms with van der Waals surface area (Å²) in [4.78, 5) is 26.1. The van der Waals surface area contributed by atoms with E-state index in [1.165, 1.54) is 12.1 Å². The molecule has 5 nitrogen and oxygen atoms in total. The average molecular weight is 404 g/mol. The van der Waals surface area contributed by atoms with Gasteiger partial charge in [-0.05, 0) is 42.0 Å². The Hall–Kier alpha value is -3.60. The number of rotatable bonds is 8. The van der Waals surface area contributed by atoms with E-state index in [0.29, 0.717) is 5.75 Å². The van der Waals surface area contributed by atoms with Gasteiger partial charge >= 0.3 is 0 Å². The minimum absolute atomic E-state index is 0.0321. The van der Waals surface area contributed by atoms with E-state index in [1.54, 1.807) is 62.6 Å². The Morgan fingerprint density at radius 3 is 1.90 bits per heavy atom. The maximum absolute atomic E-state index is 13.1.